The molecule has 0 saturated heterocycles. The standard InChI is InChI=1S/C22H36NO4P/c1-2-3-4-5-6-17-7-8-19-14-20(10-9-18(19)13-17)21-11-12-22(23,15-21)16-27-28(24,25)26/h9-10,14,17,21H,2-8,11-13,15-16,23H2,1H3,(H2,24,25,26)/t17-,21+,22+/m1/s1. The molecule has 1 aromatic carbocycles. The van der Waals surface area contributed by atoms with Crippen molar-refractivity contribution >= 4 is 7.82 Å². The van der Waals surface area contributed by atoms with Crippen molar-refractivity contribution in [2.45, 2.75) is 89.0 Å². The van der Waals surface area contributed by atoms with Gasteiger partial charge in [0.15, 0.2) is 0 Å². The van der Waals surface area contributed by atoms with Crippen LogP contribution in [-0.4, -0.2) is 21.9 Å². The average Bonchev–Trinajstić information content (AvgIpc) is 3.05. The van der Waals surface area contributed by atoms with E-state index in [1.165, 1.54) is 68.1 Å². The highest BCUT2D eigenvalue weighted by Crippen LogP contribution is 2.44. The Balaban J connectivity index is 1.56. The van der Waals surface area contributed by atoms with Crippen molar-refractivity contribution in [3.05, 3.63) is 34.9 Å². The van der Waals surface area contributed by atoms with Gasteiger partial charge in [0.1, 0.15) is 0 Å². The smallest absolute Gasteiger partial charge is 0.323 e. The summed E-state index contributed by atoms with van der Waals surface area (Å²) in [6.45, 7) is 2.18. The summed E-state index contributed by atoms with van der Waals surface area (Å²) >= 11 is 0. The van der Waals surface area contributed by atoms with E-state index in [9.17, 15) is 4.57 Å². The molecule has 0 aromatic heterocycles. The predicted octanol–water partition coefficient (Wildman–Crippen LogP) is 4.84. The van der Waals surface area contributed by atoms with E-state index >= 15 is 0 Å². The number of aryl methyl sites for hydroxylation is 1. The van der Waals surface area contributed by atoms with E-state index in [2.05, 4.69) is 25.1 Å². The van der Waals surface area contributed by atoms with Crippen molar-refractivity contribution in [3.8, 4) is 0 Å². The fourth-order valence-electron chi connectivity index (χ4n) is 5.00. The number of fused-ring (bicyclic) bond motifs is 1. The van der Waals surface area contributed by atoms with Crippen molar-refractivity contribution in [1.82, 2.24) is 0 Å². The zero-order valence-electron chi connectivity index (χ0n) is 17.1. The van der Waals surface area contributed by atoms with Gasteiger partial charge in [-0.05, 0) is 67.1 Å². The van der Waals surface area contributed by atoms with E-state index in [4.69, 9.17) is 20.0 Å². The van der Waals surface area contributed by atoms with Gasteiger partial charge in [-0.3, -0.25) is 4.52 Å². The second-order valence-corrected chi connectivity index (χ2v) is 10.3. The van der Waals surface area contributed by atoms with E-state index in [0.717, 1.165) is 18.8 Å². The lowest BCUT2D eigenvalue weighted by atomic mass is 9.79. The fourth-order valence-corrected chi connectivity index (χ4v) is 5.42. The summed E-state index contributed by atoms with van der Waals surface area (Å²) in [5, 5.41) is 0. The largest absolute Gasteiger partial charge is 0.469 e. The van der Waals surface area contributed by atoms with Crippen molar-refractivity contribution < 1.29 is 18.9 Å². The van der Waals surface area contributed by atoms with Gasteiger partial charge in [-0.2, -0.15) is 0 Å². The van der Waals surface area contributed by atoms with Gasteiger partial charge >= 0.3 is 7.82 Å². The summed E-state index contributed by atoms with van der Waals surface area (Å²) in [5.74, 6) is 1.19. The molecule has 2 aliphatic carbocycles. The first-order valence-electron chi connectivity index (χ1n) is 10.9. The Bertz CT molecular complexity index is 704. The lowest BCUT2D eigenvalue weighted by Gasteiger charge is -2.27. The third-order valence-electron chi connectivity index (χ3n) is 6.66. The summed E-state index contributed by atoms with van der Waals surface area (Å²) in [6.07, 6.45) is 12.8. The summed E-state index contributed by atoms with van der Waals surface area (Å²) < 4.78 is 15.7. The number of rotatable bonds is 9. The highest BCUT2D eigenvalue weighted by molar-refractivity contribution is 7.46. The Morgan fingerprint density at radius 2 is 2.04 bits per heavy atom. The number of phosphoric acid groups is 1. The molecule has 0 aliphatic heterocycles. The lowest BCUT2D eigenvalue weighted by Crippen LogP contribution is -2.41. The molecule has 1 aromatic rings. The van der Waals surface area contributed by atoms with Gasteiger partial charge in [0, 0.05) is 5.54 Å². The topological polar surface area (TPSA) is 92.8 Å². The molecular weight excluding hydrogens is 373 g/mol. The molecule has 6 heteroatoms. The van der Waals surface area contributed by atoms with Crippen LogP contribution in [0.4, 0.5) is 0 Å². The van der Waals surface area contributed by atoms with Crippen LogP contribution in [-0.2, 0) is 21.9 Å². The molecule has 0 bridgehead atoms. The van der Waals surface area contributed by atoms with E-state index in [1.807, 2.05) is 0 Å². The Labute approximate surface area is 169 Å². The van der Waals surface area contributed by atoms with Crippen LogP contribution in [0.25, 0.3) is 0 Å². The molecule has 0 spiro atoms. The molecule has 0 amide bonds. The second-order valence-electron chi connectivity index (χ2n) is 9.05. The van der Waals surface area contributed by atoms with Crippen LogP contribution < -0.4 is 5.73 Å². The lowest BCUT2D eigenvalue weighted by molar-refractivity contribution is 0.153. The molecule has 1 fully saturated rings. The van der Waals surface area contributed by atoms with Gasteiger partial charge < -0.3 is 15.5 Å². The number of benzene rings is 1. The third kappa shape index (κ3) is 6.14. The average molecular weight is 410 g/mol. The molecule has 1 saturated carbocycles. The molecule has 0 heterocycles. The van der Waals surface area contributed by atoms with Crippen LogP contribution in [0.2, 0.25) is 0 Å². The van der Waals surface area contributed by atoms with Gasteiger partial charge in [0.25, 0.3) is 0 Å². The maximum Gasteiger partial charge on any atom is 0.469 e. The highest BCUT2D eigenvalue weighted by Gasteiger charge is 2.38. The zero-order valence-corrected chi connectivity index (χ0v) is 18.0. The molecule has 4 N–H and O–H groups in total. The molecule has 2 aliphatic rings. The maximum absolute atomic E-state index is 11.0. The first kappa shape index (κ1) is 22.0. The van der Waals surface area contributed by atoms with Crippen LogP contribution in [0.3, 0.4) is 0 Å². The number of hydrogen-bond donors (Lipinski definition) is 3. The first-order chi connectivity index (χ1) is 13.3. The summed E-state index contributed by atoms with van der Waals surface area (Å²) in [7, 11) is -4.47. The molecule has 0 radical (unpaired) electrons. The molecule has 3 atom stereocenters. The monoisotopic (exact) mass is 409 g/mol. The van der Waals surface area contributed by atoms with E-state index < -0.39 is 13.4 Å². The SMILES string of the molecule is CCCCCC[C@@H]1CCc2cc([C@H]3CC[C@@](N)(COP(=O)(O)O)C3)ccc2C1. The second kappa shape index (κ2) is 9.40. The van der Waals surface area contributed by atoms with E-state index in [-0.39, 0.29) is 6.61 Å². The minimum Gasteiger partial charge on any atom is -0.323 e. The Morgan fingerprint density at radius 1 is 1.21 bits per heavy atom. The van der Waals surface area contributed by atoms with Gasteiger partial charge in [-0.15, -0.1) is 0 Å². The Morgan fingerprint density at radius 3 is 2.79 bits per heavy atom. The Kier molecular flexibility index (Phi) is 7.38. The van der Waals surface area contributed by atoms with Crippen LogP contribution in [0.15, 0.2) is 18.2 Å². The highest BCUT2D eigenvalue weighted by atomic mass is 31.2. The van der Waals surface area contributed by atoms with Crippen LogP contribution >= 0.6 is 7.82 Å². The molecule has 0 unspecified atom stereocenters. The fraction of sp³-hybridized carbons (Fsp3) is 0.727. The molecular formula is C22H36NO4P. The molecule has 28 heavy (non-hydrogen) atoms. The van der Waals surface area contributed by atoms with Crippen molar-refractivity contribution in [1.29, 1.82) is 0 Å². The minimum atomic E-state index is -4.47. The van der Waals surface area contributed by atoms with Crippen molar-refractivity contribution in [2.75, 3.05) is 6.61 Å². The maximum atomic E-state index is 11.0. The van der Waals surface area contributed by atoms with Crippen LogP contribution in [0.1, 0.15) is 87.3 Å². The normalized spacial score (nSPS) is 27.7. The quantitative estimate of drug-likeness (QED) is 0.401. The summed E-state index contributed by atoms with van der Waals surface area (Å²) in [4.78, 5) is 17.9. The number of unbranched alkanes of at least 4 members (excludes halogenated alkanes) is 3. The van der Waals surface area contributed by atoms with Gasteiger partial charge in [0.05, 0.1) is 6.61 Å². The Hall–Kier alpha value is -0.710. The third-order valence-corrected chi connectivity index (χ3v) is 7.13. The van der Waals surface area contributed by atoms with Crippen molar-refractivity contribution in [2.24, 2.45) is 11.7 Å². The number of hydrogen-bond acceptors (Lipinski definition) is 3. The van der Waals surface area contributed by atoms with Crippen LogP contribution in [0.5, 0.6) is 0 Å². The number of nitrogens with two attached hydrogens (primary N) is 1. The number of phosphoric ester groups is 1. The summed E-state index contributed by atoms with van der Waals surface area (Å²) in [6, 6.07) is 6.92. The van der Waals surface area contributed by atoms with Crippen LogP contribution in [0, 0.1) is 5.92 Å². The predicted molar refractivity (Wildman–Crippen MR) is 112 cm³/mol. The molecule has 158 valence electrons. The summed E-state index contributed by atoms with van der Waals surface area (Å²) in [5.41, 5.74) is 10.0. The zero-order chi connectivity index (χ0) is 20.2. The van der Waals surface area contributed by atoms with E-state index in [1.54, 1.807) is 0 Å². The van der Waals surface area contributed by atoms with E-state index in [0.29, 0.717) is 12.3 Å². The first-order valence-corrected chi connectivity index (χ1v) is 12.4. The minimum absolute atomic E-state index is 0.0849. The van der Waals surface area contributed by atoms with Gasteiger partial charge in [0.2, 0.25) is 0 Å². The molecule has 3 rings (SSSR count). The van der Waals surface area contributed by atoms with Gasteiger partial charge in [-0.25, -0.2) is 4.57 Å². The molecule has 5 nitrogen and oxygen atoms in total. The van der Waals surface area contributed by atoms with Gasteiger partial charge in [-0.1, -0.05) is 57.2 Å². The van der Waals surface area contributed by atoms with Crippen molar-refractivity contribution in [3.63, 3.8) is 0 Å².